The number of aryl methyl sites for hydroxylation is 1. The second kappa shape index (κ2) is 5.37. The third-order valence-electron chi connectivity index (χ3n) is 3.93. The van der Waals surface area contributed by atoms with E-state index in [-0.39, 0.29) is 16.7 Å². The Morgan fingerprint density at radius 2 is 1.85 bits per heavy atom. The van der Waals surface area contributed by atoms with Crippen molar-refractivity contribution >= 4 is 17.4 Å². The van der Waals surface area contributed by atoms with Crippen molar-refractivity contribution in [1.82, 2.24) is 0 Å². The summed E-state index contributed by atoms with van der Waals surface area (Å²) < 4.78 is 13.5. The Balaban J connectivity index is 1.88. The molecule has 20 heavy (non-hydrogen) atoms. The average molecular weight is 289 g/mol. The van der Waals surface area contributed by atoms with Crippen molar-refractivity contribution in [3.63, 3.8) is 0 Å². The normalized spacial score (nSPS) is 17.6. The lowest BCUT2D eigenvalue weighted by Crippen LogP contribution is -2.23. The molecule has 0 bridgehead atoms. The van der Waals surface area contributed by atoms with Crippen LogP contribution in [-0.4, -0.2) is 5.78 Å². The molecule has 2 aromatic carbocycles. The Hall–Kier alpha value is -1.67. The van der Waals surface area contributed by atoms with E-state index < -0.39 is 5.82 Å². The maximum atomic E-state index is 13.5. The molecule has 2 aromatic rings. The Kier molecular flexibility index (Phi) is 3.58. The maximum absolute atomic E-state index is 13.5. The molecule has 0 N–H and O–H groups in total. The zero-order valence-corrected chi connectivity index (χ0v) is 11.7. The molecule has 1 unspecified atom stereocenters. The molecule has 1 aliphatic rings. The molecule has 0 aromatic heterocycles. The van der Waals surface area contributed by atoms with Crippen LogP contribution in [0.2, 0.25) is 5.02 Å². The topological polar surface area (TPSA) is 17.1 Å². The van der Waals surface area contributed by atoms with Crippen LogP contribution in [0.5, 0.6) is 0 Å². The van der Waals surface area contributed by atoms with E-state index in [4.69, 9.17) is 11.6 Å². The molecule has 0 saturated carbocycles. The second-order valence-electron chi connectivity index (χ2n) is 5.17. The monoisotopic (exact) mass is 288 g/mol. The van der Waals surface area contributed by atoms with Gasteiger partial charge in [0.1, 0.15) is 5.82 Å². The number of Topliss-reactive ketones (excluding diaryl/α,β-unsaturated/α-hetero) is 1. The van der Waals surface area contributed by atoms with Gasteiger partial charge in [0.2, 0.25) is 0 Å². The molecule has 0 fully saturated rings. The van der Waals surface area contributed by atoms with Crippen molar-refractivity contribution in [1.29, 1.82) is 0 Å². The number of benzene rings is 2. The van der Waals surface area contributed by atoms with Gasteiger partial charge in [-0.2, -0.15) is 0 Å². The van der Waals surface area contributed by atoms with Gasteiger partial charge in [-0.05, 0) is 42.5 Å². The molecule has 0 heterocycles. The van der Waals surface area contributed by atoms with Gasteiger partial charge in [0.05, 0.1) is 5.02 Å². The summed E-state index contributed by atoms with van der Waals surface area (Å²) in [7, 11) is 0. The number of hydrogen-bond acceptors (Lipinski definition) is 1. The highest BCUT2D eigenvalue weighted by Crippen LogP contribution is 2.30. The zero-order valence-electron chi connectivity index (χ0n) is 10.9. The van der Waals surface area contributed by atoms with Crippen LogP contribution < -0.4 is 0 Å². The molecule has 102 valence electrons. The molecule has 0 amide bonds. The van der Waals surface area contributed by atoms with Crippen molar-refractivity contribution < 1.29 is 9.18 Å². The SMILES string of the molecule is O=C(c1cccc(F)c1Cl)C1CCc2ccccc2C1. The fourth-order valence-electron chi connectivity index (χ4n) is 2.84. The van der Waals surface area contributed by atoms with Crippen molar-refractivity contribution in [3.05, 3.63) is 70.0 Å². The highest BCUT2D eigenvalue weighted by Gasteiger charge is 2.27. The minimum absolute atomic E-state index is 0.0518. The molecule has 0 saturated heterocycles. The highest BCUT2D eigenvalue weighted by molar-refractivity contribution is 6.34. The summed E-state index contributed by atoms with van der Waals surface area (Å²) in [5, 5.41) is -0.0589. The lowest BCUT2D eigenvalue weighted by atomic mass is 9.80. The minimum atomic E-state index is -0.534. The number of hydrogen-bond donors (Lipinski definition) is 0. The first kappa shape index (κ1) is 13.3. The summed E-state index contributed by atoms with van der Waals surface area (Å²) in [5.74, 6) is -0.693. The molecule has 3 heteroatoms. The second-order valence-corrected chi connectivity index (χ2v) is 5.55. The Labute approximate surface area is 122 Å². The summed E-state index contributed by atoms with van der Waals surface area (Å²) in [6, 6.07) is 12.6. The lowest BCUT2D eigenvalue weighted by molar-refractivity contribution is 0.0908. The fourth-order valence-corrected chi connectivity index (χ4v) is 3.05. The molecular formula is C17H14ClFO. The Morgan fingerprint density at radius 3 is 2.65 bits per heavy atom. The Bertz CT molecular complexity index is 666. The van der Waals surface area contributed by atoms with E-state index >= 15 is 0 Å². The van der Waals surface area contributed by atoms with E-state index in [2.05, 4.69) is 12.1 Å². The van der Waals surface area contributed by atoms with Gasteiger partial charge in [0.15, 0.2) is 5.78 Å². The van der Waals surface area contributed by atoms with Crippen LogP contribution >= 0.6 is 11.6 Å². The molecule has 0 aliphatic heterocycles. The van der Waals surface area contributed by atoms with Gasteiger partial charge in [-0.25, -0.2) is 4.39 Å². The zero-order chi connectivity index (χ0) is 14.1. The Morgan fingerprint density at radius 1 is 1.10 bits per heavy atom. The highest BCUT2D eigenvalue weighted by atomic mass is 35.5. The van der Waals surface area contributed by atoms with Gasteiger partial charge < -0.3 is 0 Å². The summed E-state index contributed by atoms with van der Waals surface area (Å²) in [6.07, 6.45) is 2.39. The molecule has 0 radical (unpaired) electrons. The first-order valence-corrected chi connectivity index (χ1v) is 7.09. The van der Waals surface area contributed by atoms with E-state index in [0.717, 1.165) is 12.8 Å². The predicted molar refractivity (Wildman–Crippen MR) is 77.7 cm³/mol. The molecule has 0 spiro atoms. The predicted octanol–water partition coefficient (Wildman–Crippen LogP) is 4.47. The van der Waals surface area contributed by atoms with E-state index in [0.29, 0.717) is 12.0 Å². The van der Waals surface area contributed by atoms with Crippen LogP contribution in [-0.2, 0) is 12.8 Å². The summed E-state index contributed by atoms with van der Waals surface area (Å²) in [6.45, 7) is 0. The number of ketones is 1. The van der Waals surface area contributed by atoms with Crippen molar-refractivity contribution in [3.8, 4) is 0 Å². The number of fused-ring (bicyclic) bond motifs is 1. The van der Waals surface area contributed by atoms with Crippen molar-refractivity contribution in [2.24, 2.45) is 5.92 Å². The lowest BCUT2D eigenvalue weighted by Gasteiger charge is -2.23. The maximum Gasteiger partial charge on any atom is 0.167 e. The van der Waals surface area contributed by atoms with E-state index in [1.165, 1.54) is 23.3 Å². The van der Waals surface area contributed by atoms with Crippen LogP contribution in [0.15, 0.2) is 42.5 Å². The molecule has 3 rings (SSSR count). The van der Waals surface area contributed by atoms with Crippen LogP contribution in [0.4, 0.5) is 4.39 Å². The third-order valence-corrected chi connectivity index (χ3v) is 4.32. The van der Waals surface area contributed by atoms with Gasteiger partial charge in [0, 0.05) is 11.5 Å². The van der Waals surface area contributed by atoms with Crippen molar-refractivity contribution in [2.45, 2.75) is 19.3 Å². The molecule has 1 aliphatic carbocycles. The number of rotatable bonds is 2. The van der Waals surface area contributed by atoms with E-state index in [1.807, 2.05) is 12.1 Å². The van der Waals surface area contributed by atoms with Crippen molar-refractivity contribution in [2.75, 3.05) is 0 Å². The number of halogens is 2. The van der Waals surface area contributed by atoms with Gasteiger partial charge in [-0.15, -0.1) is 0 Å². The van der Waals surface area contributed by atoms with Crippen LogP contribution in [0, 0.1) is 11.7 Å². The first-order valence-electron chi connectivity index (χ1n) is 6.72. The smallest absolute Gasteiger partial charge is 0.167 e. The third kappa shape index (κ3) is 2.36. The fraction of sp³-hybridized carbons (Fsp3) is 0.235. The summed E-state index contributed by atoms with van der Waals surface area (Å²) in [4.78, 5) is 12.5. The molecule has 1 nitrogen and oxygen atoms in total. The molecular weight excluding hydrogens is 275 g/mol. The van der Waals surface area contributed by atoms with Crippen LogP contribution in [0.25, 0.3) is 0 Å². The average Bonchev–Trinajstić information content (AvgIpc) is 2.49. The standard InChI is InChI=1S/C17H14ClFO/c18-16-14(6-3-7-15(16)19)17(20)13-9-8-11-4-1-2-5-12(11)10-13/h1-7,13H,8-10H2. The number of carbonyl (C=O) groups excluding carboxylic acids is 1. The van der Waals surface area contributed by atoms with E-state index in [9.17, 15) is 9.18 Å². The van der Waals surface area contributed by atoms with Gasteiger partial charge in [-0.1, -0.05) is 41.9 Å². The summed E-state index contributed by atoms with van der Waals surface area (Å²) in [5.41, 5.74) is 2.82. The van der Waals surface area contributed by atoms with Crippen LogP contribution in [0.3, 0.4) is 0 Å². The quantitative estimate of drug-likeness (QED) is 0.745. The largest absolute Gasteiger partial charge is 0.294 e. The minimum Gasteiger partial charge on any atom is -0.294 e. The first-order chi connectivity index (χ1) is 9.66. The van der Waals surface area contributed by atoms with Gasteiger partial charge in [-0.3, -0.25) is 4.79 Å². The molecule has 1 atom stereocenters. The van der Waals surface area contributed by atoms with Crippen LogP contribution in [0.1, 0.15) is 27.9 Å². The van der Waals surface area contributed by atoms with Gasteiger partial charge >= 0.3 is 0 Å². The number of carbonyl (C=O) groups is 1. The summed E-state index contributed by atoms with van der Waals surface area (Å²) >= 11 is 5.91. The van der Waals surface area contributed by atoms with E-state index in [1.54, 1.807) is 6.07 Å². The van der Waals surface area contributed by atoms with Gasteiger partial charge in [0.25, 0.3) is 0 Å².